The Morgan fingerprint density at radius 3 is 1.63 bits per heavy atom. The van der Waals surface area contributed by atoms with Crippen molar-refractivity contribution in [2.75, 3.05) is 27.9 Å². The zero-order valence-electron chi connectivity index (χ0n) is 11.8. The number of aliphatic hydroxyl groups excluding tert-OH is 1. The van der Waals surface area contributed by atoms with Crippen LogP contribution in [0.4, 0.5) is 0 Å². The van der Waals surface area contributed by atoms with Gasteiger partial charge in [0.15, 0.2) is 0 Å². The van der Waals surface area contributed by atoms with Gasteiger partial charge in [-0.3, -0.25) is 0 Å². The van der Waals surface area contributed by atoms with Crippen molar-refractivity contribution in [3.05, 3.63) is 0 Å². The average Bonchev–Trinajstić information content (AvgIpc) is 2.31. The molecule has 0 radical (unpaired) electrons. The molecule has 0 heterocycles. The monoisotopic (exact) mass is 332 g/mol. The van der Waals surface area contributed by atoms with Crippen molar-refractivity contribution < 1.29 is 23.1 Å². The lowest BCUT2D eigenvalue weighted by molar-refractivity contribution is 0.163. The predicted octanol–water partition coefficient (Wildman–Crippen LogP) is 0.478. The molecule has 0 aromatic heterocycles. The molecule has 0 atom stereocenters. The van der Waals surface area contributed by atoms with Crippen LogP contribution in [0.15, 0.2) is 0 Å². The third-order valence-corrected chi connectivity index (χ3v) is 2.59. The molecule has 7 nitrogen and oxygen atoms in total. The van der Waals surface area contributed by atoms with Crippen LogP contribution in [-0.2, 0) is 18.0 Å². The number of hydrogen-bond donors (Lipinski definition) is 3. The van der Waals surface area contributed by atoms with Crippen LogP contribution < -0.4 is 11.5 Å². The van der Waals surface area contributed by atoms with Gasteiger partial charge >= 0.3 is 9.53 Å². The van der Waals surface area contributed by atoms with Crippen molar-refractivity contribution >= 4 is 44.3 Å². The van der Waals surface area contributed by atoms with Gasteiger partial charge in [0.1, 0.15) is 0 Å². The maximum atomic E-state index is 7.56. The van der Waals surface area contributed by atoms with Crippen LogP contribution in [0.2, 0.25) is 0 Å². The first-order valence-electron chi connectivity index (χ1n) is 5.34. The van der Waals surface area contributed by atoms with E-state index in [0.29, 0.717) is 6.61 Å². The number of aliphatic hydroxyl groups is 1. The largest absolute Gasteiger partial charge is 0.487 e. The summed E-state index contributed by atoms with van der Waals surface area (Å²) in [4.78, 5) is 0. The molecule has 0 saturated carbocycles. The van der Waals surface area contributed by atoms with E-state index in [4.69, 9.17) is 28.9 Å². The molecular formula is C9H24N2O5S2Si. The molecule has 0 spiro atoms. The van der Waals surface area contributed by atoms with Crippen LogP contribution in [-0.4, -0.2) is 52.9 Å². The van der Waals surface area contributed by atoms with Crippen molar-refractivity contribution in [3.63, 3.8) is 0 Å². The fourth-order valence-corrected chi connectivity index (χ4v) is 1.27. The molecule has 0 amide bonds. The first-order chi connectivity index (χ1) is 8.85. The van der Waals surface area contributed by atoms with Gasteiger partial charge < -0.3 is 34.6 Å². The zero-order valence-corrected chi connectivity index (χ0v) is 14.5. The summed E-state index contributed by atoms with van der Waals surface area (Å²) in [7, 11) is 3.05. The molecule has 5 N–H and O–H groups in total. The number of rotatable bonds is 6. The van der Waals surface area contributed by atoms with Crippen LogP contribution in [0.3, 0.4) is 0 Å². The molecule has 0 saturated heterocycles. The van der Waals surface area contributed by atoms with Gasteiger partial charge in [0.2, 0.25) is 0 Å². The van der Waals surface area contributed by atoms with Gasteiger partial charge in [0, 0.05) is 21.3 Å². The minimum atomic E-state index is -1.67. The summed E-state index contributed by atoms with van der Waals surface area (Å²) in [6.45, 7) is 2.74. The first-order valence-corrected chi connectivity index (χ1v) is 7.57. The summed E-state index contributed by atoms with van der Waals surface area (Å²) < 4.78 is 19.0. The van der Waals surface area contributed by atoms with E-state index in [1.54, 1.807) is 21.3 Å². The lowest BCUT2D eigenvalue weighted by Gasteiger charge is -2.05. The molecule has 0 aliphatic rings. The average molecular weight is 333 g/mol. The van der Waals surface area contributed by atoms with Gasteiger partial charge in [-0.25, -0.2) is 0 Å². The lowest BCUT2D eigenvalue weighted by Crippen LogP contribution is -2.21. The van der Waals surface area contributed by atoms with Gasteiger partial charge in [-0.05, 0) is 30.9 Å². The molecule has 19 heavy (non-hydrogen) atoms. The summed E-state index contributed by atoms with van der Waals surface area (Å²) in [5, 5.41) is 7.22. The molecule has 0 rings (SSSR count). The maximum Gasteiger partial charge on any atom is 0.483 e. The van der Waals surface area contributed by atoms with E-state index in [1.165, 1.54) is 0 Å². The topological polar surface area (TPSA) is 109 Å². The van der Waals surface area contributed by atoms with E-state index in [1.807, 2.05) is 0 Å². The highest BCUT2D eigenvalue weighted by Crippen LogP contribution is 1.86. The molecule has 0 aromatic carbocycles. The SMILES string of the molecule is CCCCOC(N)=S.CO[SiH](OC)OC.NC(O)=S. The van der Waals surface area contributed by atoms with Crippen molar-refractivity contribution in [2.45, 2.75) is 19.8 Å². The second-order valence-corrected chi connectivity index (χ2v) is 5.67. The normalized spacial score (nSPS) is 8.68. The van der Waals surface area contributed by atoms with E-state index < -0.39 is 14.7 Å². The second kappa shape index (κ2) is 19.8. The van der Waals surface area contributed by atoms with Crippen LogP contribution in [0, 0.1) is 0 Å². The van der Waals surface area contributed by atoms with E-state index in [0.717, 1.165) is 12.8 Å². The standard InChI is InChI=1S/C5H11NOS.C3H10O3Si.CH3NOS/c1-2-3-4-7-5(6)8;1-4-7(5-2)6-3;2-1(3)4/h2-4H2,1H3,(H2,6,8);7H,1-3H3;(H3,2,3,4). The first kappa shape index (κ1) is 23.6. The Balaban J connectivity index is -0.000000214. The number of unbranched alkanes of at least 4 members (excludes halogenated alkanes) is 1. The summed E-state index contributed by atoms with van der Waals surface area (Å²) in [6.07, 6.45) is 2.14. The zero-order chi connectivity index (χ0) is 15.7. The molecule has 0 unspecified atom stereocenters. The van der Waals surface area contributed by atoms with Gasteiger partial charge in [-0.1, -0.05) is 13.3 Å². The summed E-state index contributed by atoms with van der Waals surface area (Å²) in [5.74, 6) is 0. The molecular weight excluding hydrogens is 308 g/mol. The Kier molecular flexibility index (Phi) is 24.6. The van der Waals surface area contributed by atoms with Crippen molar-refractivity contribution in [2.24, 2.45) is 11.5 Å². The van der Waals surface area contributed by atoms with Crippen LogP contribution in [0.1, 0.15) is 19.8 Å². The van der Waals surface area contributed by atoms with Crippen LogP contribution >= 0.6 is 24.4 Å². The smallest absolute Gasteiger partial charge is 0.483 e. The summed E-state index contributed by atoms with van der Waals surface area (Å²) >= 11 is 8.33. The lowest BCUT2D eigenvalue weighted by atomic mass is 10.4. The molecule has 0 bridgehead atoms. The highest BCUT2D eigenvalue weighted by molar-refractivity contribution is 7.80. The van der Waals surface area contributed by atoms with Crippen molar-refractivity contribution in [1.82, 2.24) is 0 Å². The molecule has 0 aliphatic carbocycles. The highest BCUT2D eigenvalue weighted by Gasteiger charge is 2.04. The molecule has 116 valence electrons. The molecule has 0 aliphatic heterocycles. The Bertz CT molecular complexity index is 211. The summed E-state index contributed by atoms with van der Waals surface area (Å²) in [6, 6.07) is 0. The van der Waals surface area contributed by atoms with E-state index >= 15 is 0 Å². The fraction of sp³-hybridized carbons (Fsp3) is 0.778. The van der Waals surface area contributed by atoms with Gasteiger partial charge in [-0.2, -0.15) is 0 Å². The third-order valence-electron chi connectivity index (χ3n) is 1.32. The third kappa shape index (κ3) is 38.1. The van der Waals surface area contributed by atoms with Gasteiger partial charge in [0.05, 0.1) is 6.61 Å². The Labute approximate surface area is 127 Å². The molecule has 0 aromatic rings. The second-order valence-electron chi connectivity index (χ2n) is 2.86. The Morgan fingerprint density at radius 1 is 1.11 bits per heavy atom. The minimum absolute atomic E-state index is 0.151. The molecule has 10 heteroatoms. The maximum absolute atomic E-state index is 7.56. The quantitative estimate of drug-likeness (QED) is 0.363. The fourth-order valence-electron chi connectivity index (χ4n) is 0.606. The predicted molar refractivity (Wildman–Crippen MR) is 85.2 cm³/mol. The van der Waals surface area contributed by atoms with Crippen molar-refractivity contribution in [1.29, 1.82) is 0 Å². The van der Waals surface area contributed by atoms with Gasteiger partial charge in [-0.15, -0.1) is 0 Å². The number of nitrogens with two attached hydrogens (primary N) is 2. The van der Waals surface area contributed by atoms with Crippen LogP contribution in [0.5, 0.6) is 0 Å². The van der Waals surface area contributed by atoms with E-state index in [-0.39, 0.29) is 5.17 Å². The Hall–Kier alpha value is -0.523. The van der Waals surface area contributed by atoms with Crippen LogP contribution in [0.25, 0.3) is 0 Å². The number of hydrogen-bond acceptors (Lipinski definition) is 6. The minimum Gasteiger partial charge on any atom is -0.487 e. The van der Waals surface area contributed by atoms with E-state index in [9.17, 15) is 0 Å². The molecule has 0 fully saturated rings. The number of ether oxygens (including phenoxy) is 1. The highest BCUT2D eigenvalue weighted by atomic mass is 32.1. The van der Waals surface area contributed by atoms with Crippen molar-refractivity contribution in [3.8, 4) is 0 Å². The van der Waals surface area contributed by atoms with E-state index in [2.05, 4.69) is 37.1 Å². The van der Waals surface area contributed by atoms with Gasteiger partial charge in [0.25, 0.3) is 10.3 Å². The Morgan fingerprint density at radius 2 is 1.47 bits per heavy atom. The summed E-state index contributed by atoms with van der Waals surface area (Å²) in [5.41, 5.74) is 9.44. The number of thiocarbonyl (C=S) groups is 2.